The van der Waals surface area contributed by atoms with E-state index in [4.69, 9.17) is 4.42 Å². The lowest BCUT2D eigenvalue weighted by molar-refractivity contribution is 0.647. The molecule has 2 heteroatoms. The second-order valence-electron chi connectivity index (χ2n) is 16.8. The van der Waals surface area contributed by atoms with Crippen molar-refractivity contribution < 1.29 is 4.42 Å². The second-order valence-corrected chi connectivity index (χ2v) is 16.8. The monoisotopic (exact) mass is 695 g/mol. The third-order valence-corrected chi connectivity index (χ3v) is 12.6. The Morgan fingerprint density at radius 2 is 0.944 bits per heavy atom. The SMILES string of the molecule is Cc1cc(C)cc(N(c2ccc3c(c2)C(C)(C)c2cc4oc5ccccc5c4cc2-3)c2ccc3cc4c(cc3c2)C(C)(C)c2cc3ccccc3cc2-4)c1. The molecule has 0 spiro atoms. The Labute approximate surface area is 316 Å². The highest BCUT2D eigenvalue weighted by Crippen LogP contribution is 2.54. The van der Waals surface area contributed by atoms with E-state index in [0.29, 0.717) is 0 Å². The first-order chi connectivity index (χ1) is 26.0. The summed E-state index contributed by atoms with van der Waals surface area (Å²) in [5.74, 6) is 0. The summed E-state index contributed by atoms with van der Waals surface area (Å²) < 4.78 is 6.37. The largest absolute Gasteiger partial charge is 0.456 e. The van der Waals surface area contributed by atoms with Crippen molar-refractivity contribution in [3.05, 3.63) is 173 Å². The predicted octanol–water partition coefficient (Wildman–Crippen LogP) is 14.6. The van der Waals surface area contributed by atoms with Crippen LogP contribution >= 0.6 is 0 Å². The van der Waals surface area contributed by atoms with E-state index >= 15 is 0 Å². The van der Waals surface area contributed by atoms with Gasteiger partial charge in [-0.1, -0.05) is 88.4 Å². The van der Waals surface area contributed by atoms with Gasteiger partial charge >= 0.3 is 0 Å². The summed E-state index contributed by atoms with van der Waals surface area (Å²) in [6, 6.07) is 52.5. The van der Waals surface area contributed by atoms with Gasteiger partial charge in [0.05, 0.1) is 0 Å². The highest BCUT2D eigenvalue weighted by molar-refractivity contribution is 6.08. The summed E-state index contributed by atoms with van der Waals surface area (Å²) >= 11 is 0. The van der Waals surface area contributed by atoms with Crippen LogP contribution in [0.15, 0.2) is 144 Å². The van der Waals surface area contributed by atoms with Gasteiger partial charge in [0.2, 0.25) is 0 Å². The number of benzene rings is 8. The fourth-order valence-corrected chi connectivity index (χ4v) is 9.90. The molecule has 0 aliphatic heterocycles. The van der Waals surface area contributed by atoms with E-state index < -0.39 is 0 Å². The zero-order valence-electron chi connectivity index (χ0n) is 31.6. The Bertz CT molecular complexity index is 3060. The summed E-state index contributed by atoms with van der Waals surface area (Å²) in [4.78, 5) is 2.46. The molecule has 2 aliphatic carbocycles. The van der Waals surface area contributed by atoms with Crippen molar-refractivity contribution in [3.63, 3.8) is 0 Å². The molecular formula is C52H41NO. The average molecular weight is 696 g/mol. The Morgan fingerprint density at radius 1 is 0.389 bits per heavy atom. The molecule has 0 N–H and O–H groups in total. The first kappa shape index (κ1) is 31.4. The van der Waals surface area contributed by atoms with Gasteiger partial charge in [-0.25, -0.2) is 0 Å². The van der Waals surface area contributed by atoms with Crippen LogP contribution in [0.4, 0.5) is 17.1 Å². The molecule has 0 saturated carbocycles. The summed E-state index contributed by atoms with van der Waals surface area (Å²) in [6.45, 7) is 13.9. The van der Waals surface area contributed by atoms with E-state index in [0.717, 1.165) is 22.5 Å². The van der Waals surface area contributed by atoms with Crippen LogP contribution in [0.25, 0.3) is 65.7 Å². The van der Waals surface area contributed by atoms with Crippen LogP contribution < -0.4 is 4.90 Å². The molecule has 9 aromatic rings. The number of hydrogen-bond donors (Lipinski definition) is 0. The summed E-state index contributed by atoms with van der Waals surface area (Å²) in [5.41, 5.74) is 18.4. The van der Waals surface area contributed by atoms with Crippen LogP contribution in [0.5, 0.6) is 0 Å². The predicted molar refractivity (Wildman–Crippen MR) is 228 cm³/mol. The molecule has 11 rings (SSSR count). The molecule has 2 nitrogen and oxygen atoms in total. The maximum Gasteiger partial charge on any atom is 0.135 e. The first-order valence-corrected chi connectivity index (χ1v) is 19.2. The molecule has 1 aromatic heterocycles. The minimum atomic E-state index is -0.197. The van der Waals surface area contributed by atoms with Crippen molar-refractivity contribution in [2.75, 3.05) is 4.90 Å². The number of hydrogen-bond acceptors (Lipinski definition) is 2. The van der Waals surface area contributed by atoms with Crippen molar-refractivity contribution in [2.45, 2.75) is 52.4 Å². The van der Waals surface area contributed by atoms with Gasteiger partial charge in [-0.3, -0.25) is 0 Å². The molecule has 1 heterocycles. The highest BCUT2D eigenvalue weighted by Gasteiger charge is 2.38. The number of nitrogens with zero attached hydrogens (tertiary/aromatic N) is 1. The normalized spacial score (nSPS) is 14.8. The van der Waals surface area contributed by atoms with Gasteiger partial charge in [0, 0.05) is 38.7 Å². The first-order valence-electron chi connectivity index (χ1n) is 19.2. The summed E-state index contributed by atoms with van der Waals surface area (Å²) in [6.07, 6.45) is 0. The minimum absolute atomic E-state index is 0.0971. The average Bonchev–Trinajstić information content (AvgIpc) is 3.71. The molecule has 0 saturated heterocycles. The quantitative estimate of drug-likeness (QED) is 0.183. The van der Waals surface area contributed by atoms with E-state index in [2.05, 4.69) is 180 Å². The van der Waals surface area contributed by atoms with Crippen LogP contribution in [0.3, 0.4) is 0 Å². The molecule has 0 amide bonds. The van der Waals surface area contributed by atoms with E-state index in [9.17, 15) is 0 Å². The van der Waals surface area contributed by atoms with Gasteiger partial charge in [0.1, 0.15) is 11.2 Å². The van der Waals surface area contributed by atoms with Gasteiger partial charge < -0.3 is 9.32 Å². The summed E-state index contributed by atoms with van der Waals surface area (Å²) in [7, 11) is 0. The standard InChI is InChI=1S/C52H41NO/c1-30-19-31(2)21-38(20-30)53(37-17-18-39-43-28-44-40-13-9-10-14-49(40)54-50(44)29-48(43)52(5,6)47(39)27-37)36-16-15-34-24-42-41-23-32-11-7-8-12-33(32)25-45(41)51(3,4)46(42)26-35(34)22-36/h7-29H,1-6H3. The van der Waals surface area contributed by atoms with Crippen LogP contribution in [0.2, 0.25) is 0 Å². The molecule has 0 atom stereocenters. The Kier molecular flexibility index (Phi) is 6.24. The Hall–Kier alpha value is -6.12. The second kappa shape index (κ2) is 10.7. The van der Waals surface area contributed by atoms with Gasteiger partial charge in [-0.05, 0) is 170 Å². The van der Waals surface area contributed by atoms with E-state index in [1.807, 2.05) is 6.07 Å². The lowest BCUT2D eigenvalue weighted by atomic mass is 9.81. The maximum absolute atomic E-state index is 6.37. The molecule has 54 heavy (non-hydrogen) atoms. The maximum atomic E-state index is 6.37. The van der Waals surface area contributed by atoms with Gasteiger partial charge in [0.25, 0.3) is 0 Å². The lowest BCUT2D eigenvalue weighted by Crippen LogP contribution is -2.16. The Balaban J connectivity index is 1.08. The van der Waals surface area contributed by atoms with Crippen LogP contribution in [0.1, 0.15) is 61.1 Å². The molecule has 8 aromatic carbocycles. The molecule has 0 radical (unpaired) electrons. The zero-order valence-corrected chi connectivity index (χ0v) is 31.6. The molecule has 0 bridgehead atoms. The third kappa shape index (κ3) is 4.34. The van der Waals surface area contributed by atoms with Crippen molar-refractivity contribution in [1.29, 1.82) is 0 Å². The smallest absolute Gasteiger partial charge is 0.135 e. The number of furan rings is 1. The number of aryl methyl sites for hydroxylation is 2. The lowest BCUT2D eigenvalue weighted by Gasteiger charge is -2.29. The molecule has 260 valence electrons. The van der Waals surface area contributed by atoms with Gasteiger partial charge in [-0.2, -0.15) is 0 Å². The van der Waals surface area contributed by atoms with Crippen LogP contribution in [-0.2, 0) is 10.8 Å². The topological polar surface area (TPSA) is 16.4 Å². The van der Waals surface area contributed by atoms with Crippen LogP contribution in [-0.4, -0.2) is 0 Å². The highest BCUT2D eigenvalue weighted by atomic mass is 16.3. The van der Waals surface area contributed by atoms with Crippen LogP contribution in [0, 0.1) is 13.8 Å². The number of rotatable bonds is 3. The van der Waals surface area contributed by atoms with Crippen molar-refractivity contribution in [2.24, 2.45) is 0 Å². The number of fused-ring (bicyclic) bond motifs is 11. The van der Waals surface area contributed by atoms with Crippen molar-refractivity contribution in [1.82, 2.24) is 0 Å². The zero-order chi connectivity index (χ0) is 36.7. The van der Waals surface area contributed by atoms with E-state index in [1.165, 1.54) is 93.6 Å². The molecule has 0 fully saturated rings. The van der Waals surface area contributed by atoms with Crippen molar-refractivity contribution in [3.8, 4) is 22.3 Å². The molecule has 0 unspecified atom stereocenters. The van der Waals surface area contributed by atoms with E-state index in [-0.39, 0.29) is 10.8 Å². The third-order valence-electron chi connectivity index (χ3n) is 12.6. The number of para-hydroxylation sites is 1. The number of anilines is 3. The summed E-state index contributed by atoms with van der Waals surface area (Å²) in [5, 5.41) is 7.46. The fraction of sp³-hybridized carbons (Fsp3) is 0.154. The minimum Gasteiger partial charge on any atom is -0.456 e. The van der Waals surface area contributed by atoms with Gasteiger partial charge in [0.15, 0.2) is 0 Å². The molecule has 2 aliphatic rings. The van der Waals surface area contributed by atoms with Crippen molar-refractivity contribution >= 4 is 60.5 Å². The van der Waals surface area contributed by atoms with E-state index in [1.54, 1.807) is 0 Å². The molecular weight excluding hydrogens is 655 g/mol. The Morgan fingerprint density at radius 3 is 1.69 bits per heavy atom. The fourth-order valence-electron chi connectivity index (χ4n) is 9.90. The van der Waals surface area contributed by atoms with Gasteiger partial charge in [-0.15, -0.1) is 0 Å².